The van der Waals surface area contributed by atoms with E-state index in [9.17, 15) is 14.4 Å². The van der Waals surface area contributed by atoms with Crippen molar-refractivity contribution in [2.24, 2.45) is 0 Å². The molecule has 9 heteroatoms. The molecule has 0 radical (unpaired) electrons. The average Bonchev–Trinajstić information content (AvgIpc) is 3.06. The van der Waals surface area contributed by atoms with Gasteiger partial charge in [-0.05, 0) is 55.0 Å². The molecule has 0 fully saturated rings. The standard InChI is InChI=1S/C21H18BrClN4O3/c1-3-8-24-20(29)21(30)26-27-17-7-4-14(23)10-13(17)11-18(27)19(28)25-15-5-6-16(22)12(2)9-15/h3-7,9-11H,1,8H2,2H3,(H,24,29)(H,25,28)(H,26,30). The number of aryl methyl sites for hydroxylation is 1. The van der Waals surface area contributed by atoms with Crippen molar-refractivity contribution in [3.63, 3.8) is 0 Å². The molecular formula is C21H18BrClN4O3. The van der Waals surface area contributed by atoms with Gasteiger partial charge in [0, 0.05) is 27.1 Å². The molecule has 30 heavy (non-hydrogen) atoms. The zero-order valence-corrected chi connectivity index (χ0v) is 18.3. The fourth-order valence-corrected chi connectivity index (χ4v) is 3.22. The van der Waals surface area contributed by atoms with Crippen LogP contribution in [0.25, 0.3) is 10.9 Å². The van der Waals surface area contributed by atoms with Crippen LogP contribution >= 0.6 is 27.5 Å². The van der Waals surface area contributed by atoms with Gasteiger partial charge in [0.15, 0.2) is 0 Å². The molecule has 0 atom stereocenters. The molecule has 3 amide bonds. The highest BCUT2D eigenvalue weighted by atomic mass is 79.9. The first-order chi connectivity index (χ1) is 14.3. The molecule has 3 N–H and O–H groups in total. The van der Waals surface area contributed by atoms with Gasteiger partial charge in [0.25, 0.3) is 5.91 Å². The minimum atomic E-state index is -0.919. The van der Waals surface area contributed by atoms with Gasteiger partial charge in [-0.3, -0.25) is 19.8 Å². The largest absolute Gasteiger partial charge is 0.344 e. The van der Waals surface area contributed by atoms with Crippen LogP contribution in [-0.2, 0) is 9.59 Å². The SMILES string of the molecule is C=CCNC(=O)C(=O)Nn1c(C(=O)Nc2ccc(Br)c(C)c2)cc2cc(Cl)ccc21. The van der Waals surface area contributed by atoms with Crippen molar-refractivity contribution in [2.75, 3.05) is 17.3 Å². The van der Waals surface area contributed by atoms with E-state index >= 15 is 0 Å². The Labute approximate surface area is 186 Å². The van der Waals surface area contributed by atoms with E-state index in [1.54, 1.807) is 30.3 Å². The lowest BCUT2D eigenvalue weighted by Crippen LogP contribution is -2.39. The summed E-state index contributed by atoms with van der Waals surface area (Å²) in [5, 5.41) is 6.30. The molecule has 0 aliphatic carbocycles. The molecule has 7 nitrogen and oxygen atoms in total. The van der Waals surface area contributed by atoms with Crippen LogP contribution in [0.1, 0.15) is 16.1 Å². The Hall–Kier alpha value is -3.10. The lowest BCUT2D eigenvalue weighted by molar-refractivity contribution is -0.136. The van der Waals surface area contributed by atoms with Crippen molar-refractivity contribution in [3.05, 3.63) is 75.9 Å². The number of benzene rings is 2. The van der Waals surface area contributed by atoms with Gasteiger partial charge in [-0.25, -0.2) is 4.68 Å². The highest BCUT2D eigenvalue weighted by molar-refractivity contribution is 9.10. The summed E-state index contributed by atoms with van der Waals surface area (Å²) in [6.07, 6.45) is 1.46. The zero-order chi connectivity index (χ0) is 21.8. The smallest absolute Gasteiger partial charge is 0.328 e. The highest BCUT2D eigenvalue weighted by Gasteiger charge is 2.21. The van der Waals surface area contributed by atoms with Crippen LogP contribution in [0.15, 0.2) is 59.6 Å². The Morgan fingerprint density at radius 1 is 1.13 bits per heavy atom. The van der Waals surface area contributed by atoms with Gasteiger partial charge in [-0.15, -0.1) is 6.58 Å². The molecule has 0 aliphatic rings. The maximum absolute atomic E-state index is 13.0. The zero-order valence-electron chi connectivity index (χ0n) is 16.0. The van der Waals surface area contributed by atoms with E-state index in [0.717, 1.165) is 10.0 Å². The summed E-state index contributed by atoms with van der Waals surface area (Å²) < 4.78 is 2.18. The molecule has 1 heterocycles. The summed E-state index contributed by atoms with van der Waals surface area (Å²) >= 11 is 9.48. The van der Waals surface area contributed by atoms with Gasteiger partial charge in [-0.1, -0.05) is 33.6 Å². The molecule has 3 aromatic rings. The molecule has 0 bridgehead atoms. The maximum Gasteiger partial charge on any atom is 0.328 e. The normalized spacial score (nSPS) is 10.5. The topological polar surface area (TPSA) is 92.2 Å². The number of hydrogen-bond donors (Lipinski definition) is 3. The first-order valence-corrected chi connectivity index (χ1v) is 10.1. The van der Waals surface area contributed by atoms with Crippen LogP contribution < -0.4 is 16.1 Å². The molecule has 2 aromatic carbocycles. The number of amides is 3. The predicted molar refractivity (Wildman–Crippen MR) is 121 cm³/mol. The molecule has 0 aliphatic heterocycles. The lowest BCUT2D eigenvalue weighted by Gasteiger charge is -2.13. The molecule has 3 rings (SSSR count). The van der Waals surface area contributed by atoms with Crippen LogP contribution in [0.3, 0.4) is 0 Å². The predicted octanol–water partition coefficient (Wildman–Crippen LogP) is 3.99. The fraction of sp³-hybridized carbons (Fsp3) is 0.0952. The van der Waals surface area contributed by atoms with Crippen molar-refractivity contribution in [1.29, 1.82) is 0 Å². The third-order valence-corrected chi connectivity index (χ3v) is 5.36. The Kier molecular flexibility index (Phi) is 6.59. The molecule has 1 aromatic heterocycles. The van der Waals surface area contributed by atoms with E-state index < -0.39 is 17.7 Å². The van der Waals surface area contributed by atoms with Gasteiger partial charge in [0.1, 0.15) is 5.69 Å². The van der Waals surface area contributed by atoms with Gasteiger partial charge in [0.2, 0.25) is 0 Å². The van der Waals surface area contributed by atoms with Gasteiger partial charge in [-0.2, -0.15) is 0 Å². The van der Waals surface area contributed by atoms with Crippen molar-refractivity contribution in [3.8, 4) is 0 Å². The first-order valence-electron chi connectivity index (χ1n) is 8.88. The Balaban J connectivity index is 1.96. The Morgan fingerprint density at radius 2 is 1.90 bits per heavy atom. The number of rotatable bonds is 5. The molecule has 0 spiro atoms. The van der Waals surface area contributed by atoms with Crippen LogP contribution in [0.2, 0.25) is 5.02 Å². The third kappa shape index (κ3) is 4.72. The molecule has 0 unspecified atom stereocenters. The number of fused-ring (bicyclic) bond motifs is 1. The molecular weight excluding hydrogens is 472 g/mol. The number of hydrogen-bond acceptors (Lipinski definition) is 3. The van der Waals surface area contributed by atoms with Crippen LogP contribution in [0.5, 0.6) is 0 Å². The van der Waals surface area contributed by atoms with Crippen molar-refractivity contribution in [2.45, 2.75) is 6.92 Å². The summed E-state index contributed by atoms with van der Waals surface area (Å²) in [7, 11) is 0. The number of nitrogens with one attached hydrogen (secondary N) is 3. The van der Waals surface area contributed by atoms with E-state index in [1.165, 1.54) is 10.8 Å². The minimum absolute atomic E-state index is 0.137. The summed E-state index contributed by atoms with van der Waals surface area (Å²) in [6.45, 7) is 5.53. The second-order valence-corrected chi connectivity index (χ2v) is 7.72. The van der Waals surface area contributed by atoms with Crippen molar-refractivity contribution < 1.29 is 14.4 Å². The molecule has 0 saturated carbocycles. The Bertz CT molecular complexity index is 1170. The van der Waals surface area contributed by atoms with Crippen LogP contribution in [0.4, 0.5) is 5.69 Å². The summed E-state index contributed by atoms with van der Waals surface area (Å²) in [4.78, 5) is 37.2. The first kappa shape index (κ1) is 21.6. The molecule has 154 valence electrons. The van der Waals surface area contributed by atoms with E-state index in [1.807, 2.05) is 19.1 Å². The second kappa shape index (κ2) is 9.15. The number of aromatic nitrogens is 1. The lowest BCUT2D eigenvalue weighted by atomic mass is 10.2. The van der Waals surface area contributed by atoms with E-state index in [-0.39, 0.29) is 12.2 Å². The Morgan fingerprint density at radius 3 is 2.60 bits per heavy atom. The summed E-state index contributed by atoms with van der Waals surface area (Å²) in [5.74, 6) is -2.23. The minimum Gasteiger partial charge on any atom is -0.344 e. The summed E-state index contributed by atoms with van der Waals surface area (Å²) in [6, 6.07) is 11.9. The fourth-order valence-electron chi connectivity index (χ4n) is 2.79. The van der Waals surface area contributed by atoms with Crippen LogP contribution in [0, 0.1) is 6.92 Å². The van der Waals surface area contributed by atoms with Gasteiger partial charge in [0.05, 0.1) is 5.52 Å². The number of carbonyl (C=O) groups is 3. The number of carbonyl (C=O) groups excluding carboxylic acids is 3. The van der Waals surface area contributed by atoms with E-state index in [0.29, 0.717) is 21.6 Å². The monoisotopic (exact) mass is 488 g/mol. The quantitative estimate of drug-likeness (QED) is 0.374. The highest BCUT2D eigenvalue weighted by Crippen LogP contribution is 2.24. The average molecular weight is 490 g/mol. The van der Waals surface area contributed by atoms with Crippen LogP contribution in [-0.4, -0.2) is 28.9 Å². The number of halogens is 2. The molecule has 0 saturated heterocycles. The van der Waals surface area contributed by atoms with Gasteiger partial charge < -0.3 is 10.6 Å². The maximum atomic E-state index is 13.0. The van der Waals surface area contributed by atoms with Gasteiger partial charge >= 0.3 is 11.8 Å². The second-order valence-electron chi connectivity index (χ2n) is 6.43. The third-order valence-electron chi connectivity index (χ3n) is 4.24. The van der Waals surface area contributed by atoms with E-state index in [2.05, 4.69) is 38.6 Å². The van der Waals surface area contributed by atoms with Crippen molar-refractivity contribution in [1.82, 2.24) is 9.99 Å². The summed E-state index contributed by atoms with van der Waals surface area (Å²) in [5.41, 5.74) is 4.66. The number of anilines is 1. The van der Waals surface area contributed by atoms with Crippen molar-refractivity contribution >= 4 is 61.8 Å². The van der Waals surface area contributed by atoms with E-state index in [4.69, 9.17) is 11.6 Å². The number of nitrogens with zero attached hydrogens (tertiary/aromatic N) is 1.